The van der Waals surface area contributed by atoms with Crippen molar-refractivity contribution in [3.8, 4) is 0 Å². The Morgan fingerprint density at radius 2 is 2.08 bits per heavy atom. The first-order valence-corrected chi connectivity index (χ1v) is 5.07. The van der Waals surface area contributed by atoms with E-state index in [-0.39, 0.29) is 0 Å². The topological polar surface area (TPSA) is 20.2 Å². The molecule has 0 saturated carbocycles. The highest BCUT2D eigenvalue weighted by Gasteiger charge is 1.96. The lowest BCUT2D eigenvalue weighted by Crippen LogP contribution is -1.95. The number of rotatable bonds is 7. The predicted molar refractivity (Wildman–Crippen MR) is 54.1 cm³/mol. The average Bonchev–Trinajstić information content (AvgIpc) is 2.05. The van der Waals surface area contributed by atoms with Crippen molar-refractivity contribution in [1.29, 1.82) is 0 Å². The van der Waals surface area contributed by atoms with Crippen LogP contribution in [0.4, 0.5) is 0 Å². The Morgan fingerprint density at radius 3 is 2.67 bits per heavy atom. The molecule has 1 unspecified atom stereocenters. The van der Waals surface area contributed by atoms with Crippen molar-refractivity contribution in [3.05, 3.63) is 12.2 Å². The van der Waals surface area contributed by atoms with Crippen LogP contribution >= 0.6 is 0 Å². The number of aliphatic hydroxyl groups excluding tert-OH is 1. The predicted octanol–water partition coefficient (Wildman–Crippen LogP) is 3.14. The molecule has 0 radical (unpaired) electrons. The molecule has 0 aromatic carbocycles. The summed E-state index contributed by atoms with van der Waals surface area (Å²) in [6.07, 6.45) is 10.3. The molecule has 0 aromatic heterocycles. The lowest BCUT2D eigenvalue weighted by Gasteiger charge is -2.04. The molecule has 1 atom stereocenters. The second-order valence-electron chi connectivity index (χ2n) is 3.47. The fraction of sp³-hybridized carbons (Fsp3) is 0.818. The van der Waals surface area contributed by atoms with Gasteiger partial charge in [-0.25, -0.2) is 0 Å². The van der Waals surface area contributed by atoms with Gasteiger partial charge in [0.25, 0.3) is 0 Å². The van der Waals surface area contributed by atoms with Crippen LogP contribution in [0.1, 0.15) is 46.0 Å². The molecule has 1 nitrogen and oxygen atoms in total. The first-order valence-electron chi connectivity index (χ1n) is 5.07. The third-order valence-electron chi connectivity index (χ3n) is 2.05. The van der Waals surface area contributed by atoms with Gasteiger partial charge in [0.1, 0.15) is 0 Å². The summed E-state index contributed by atoms with van der Waals surface area (Å²) < 4.78 is 0. The standard InChI is InChI=1S/C11H22O/c1-3-4-5-6-7-8-11(2)9-10-12/h6-7,11-12H,3-5,8-10H2,1-2H3. The Balaban J connectivity index is 3.21. The van der Waals surface area contributed by atoms with Gasteiger partial charge in [-0.05, 0) is 25.2 Å². The smallest absolute Gasteiger partial charge is 0.0433 e. The van der Waals surface area contributed by atoms with E-state index in [4.69, 9.17) is 5.11 Å². The van der Waals surface area contributed by atoms with Crippen molar-refractivity contribution in [1.82, 2.24) is 0 Å². The summed E-state index contributed by atoms with van der Waals surface area (Å²) in [5, 5.41) is 8.65. The quantitative estimate of drug-likeness (QED) is 0.459. The van der Waals surface area contributed by atoms with Crippen molar-refractivity contribution < 1.29 is 5.11 Å². The molecular weight excluding hydrogens is 148 g/mol. The highest BCUT2D eigenvalue weighted by atomic mass is 16.2. The molecule has 0 aliphatic rings. The Kier molecular flexibility index (Phi) is 8.57. The lowest BCUT2D eigenvalue weighted by molar-refractivity contribution is 0.263. The molecule has 0 heterocycles. The van der Waals surface area contributed by atoms with Gasteiger partial charge in [0, 0.05) is 6.61 Å². The zero-order valence-corrected chi connectivity index (χ0v) is 8.42. The van der Waals surface area contributed by atoms with Crippen molar-refractivity contribution >= 4 is 0 Å². The zero-order valence-electron chi connectivity index (χ0n) is 8.42. The highest BCUT2D eigenvalue weighted by Crippen LogP contribution is 2.07. The Bertz CT molecular complexity index is 108. The molecule has 1 heteroatoms. The minimum atomic E-state index is 0.323. The van der Waals surface area contributed by atoms with Crippen LogP contribution in [0.3, 0.4) is 0 Å². The number of hydrogen-bond acceptors (Lipinski definition) is 1. The summed E-state index contributed by atoms with van der Waals surface area (Å²) in [6, 6.07) is 0. The number of hydrogen-bond donors (Lipinski definition) is 1. The van der Waals surface area contributed by atoms with E-state index in [9.17, 15) is 0 Å². The Morgan fingerprint density at radius 1 is 1.33 bits per heavy atom. The van der Waals surface area contributed by atoms with Crippen LogP contribution in [0.15, 0.2) is 12.2 Å². The average molecular weight is 170 g/mol. The van der Waals surface area contributed by atoms with E-state index in [2.05, 4.69) is 26.0 Å². The zero-order chi connectivity index (χ0) is 9.23. The van der Waals surface area contributed by atoms with E-state index in [0.29, 0.717) is 12.5 Å². The van der Waals surface area contributed by atoms with Crippen LogP contribution < -0.4 is 0 Å². The number of unbranched alkanes of at least 4 members (excludes halogenated alkanes) is 2. The molecule has 0 aromatic rings. The van der Waals surface area contributed by atoms with Gasteiger partial charge in [-0.15, -0.1) is 0 Å². The van der Waals surface area contributed by atoms with Crippen LogP contribution in [0, 0.1) is 5.92 Å². The maximum absolute atomic E-state index is 8.65. The van der Waals surface area contributed by atoms with Crippen molar-refractivity contribution in [2.24, 2.45) is 5.92 Å². The molecule has 1 N–H and O–H groups in total. The molecular formula is C11H22O. The first-order chi connectivity index (χ1) is 5.81. The summed E-state index contributed by atoms with van der Waals surface area (Å²) >= 11 is 0. The van der Waals surface area contributed by atoms with Crippen LogP contribution in [0.25, 0.3) is 0 Å². The SMILES string of the molecule is CCCCC=CCC(C)CCO. The highest BCUT2D eigenvalue weighted by molar-refractivity contribution is 4.82. The van der Waals surface area contributed by atoms with Crippen LogP contribution in [-0.2, 0) is 0 Å². The molecule has 0 rings (SSSR count). The van der Waals surface area contributed by atoms with E-state index in [0.717, 1.165) is 12.8 Å². The van der Waals surface area contributed by atoms with E-state index < -0.39 is 0 Å². The molecule has 0 aliphatic heterocycles. The van der Waals surface area contributed by atoms with Gasteiger partial charge >= 0.3 is 0 Å². The molecule has 0 bridgehead atoms. The van der Waals surface area contributed by atoms with E-state index in [1.807, 2.05) is 0 Å². The van der Waals surface area contributed by atoms with Gasteiger partial charge in [0.05, 0.1) is 0 Å². The van der Waals surface area contributed by atoms with E-state index in [1.54, 1.807) is 0 Å². The van der Waals surface area contributed by atoms with Gasteiger partial charge in [-0.3, -0.25) is 0 Å². The van der Waals surface area contributed by atoms with Gasteiger partial charge in [-0.1, -0.05) is 38.8 Å². The molecule has 0 amide bonds. The minimum Gasteiger partial charge on any atom is -0.396 e. The van der Waals surface area contributed by atoms with Crippen molar-refractivity contribution in [2.45, 2.75) is 46.0 Å². The van der Waals surface area contributed by atoms with Crippen LogP contribution in [0.2, 0.25) is 0 Å². The van der Waals surface area contributed by atoms with E-state index in [1.165, 1.54) is 19.3 Å². The Hall–Kier alpha value is -0.300. The lowest BCUT2D eigenvalue weighted by atomic mass is 10.0. The van der Waals surface area contributed by atoms with Crippen LogP contribution in [-0.4, -0.2) is 11.7 Å². The summed E-state index contributed by atoms with van der Waals surface area (Å²) in [4.78, 5) is 0. The van der Waals surface area contributed by atoms with Crippen LogP contribution in [0.5, 0.6) is 0 Å². The second kappa shape index (κ2) is 8.79. The number of aliphatic hydroxyl groups is 1. The molecule has 12 heavy (non-hydrogen) atoms. The number of allylic oxidation sites excluding steroid dienone is 2. The molecule has 72 valence electrons. The summed E-state index contributed by atoms with van der Waals surface area (Å²) in [6.45, 7) is 4.71. The maximum Gasteiger partial charge on any atom is 0.0433 e. The second-order valence-corrected chi connectivity index (χ2v) is 3.47. The fourth-order valence-corrected chi connectivity index (χ4v) is 1.11. The first kappa shape index (κ1) is 11.7. The van der Waals surface area contributed by atoms with Crippen molar-refractivity contribution in [3.63, 3.8) is 0 Å². The molecule has 0 aliphatic carbocycles. The summed E-state index contributed by atoms with van der Waals surface area (Å²) in [5.41, 5.74) is 0. The third-order valence-corrected chi connectivity index (χ3v) is 2.05. The third kappa shape index (κ3) is 7.80. The Labute approximate surface area is 76.5 Å². The monoisotopic (exact) mass is 170 g/mol. The molecule has 0 fully saturated rings. The van der Waals surface area contributed by atoms with E-state index >= 15 is 0 Å². The molecule has 0 spiro atoms. The molecule has 0 saturated heterocycles. The largest absolute Gasteiger partial charge is 0.396 e. The van der Waals surface area contributed by atoms with Gasteiger partial charge < -0.3 is 5.11 Å². The summed E-state index contributed by atoms with van der Waals surface area (Å²) in [5.74, 6) is 0.632. The maximum atomic E-state index is 8.65. The van der Waals surface area contributed by atoms with Gasteiger partial charge in [0.2, 0.25) is 0 Å². The fourth-order valence-electron chi connectivity index (χ4n) is 1.11. The normalized spacial score (nSPS) is 13.9. The minimum absolute atomic E-state index is 0.323. The summed E-state index contributed by atoms with van der Waals surface area (Å²) in [7, 11) is 0. The van der Waals surface area contributed by atoms with Gasteiger partial charge in [-0.2, -0.15) is 0 Å². The van der Waals surface area contributed by atoms with Gasteiger partial charge in [0.15, 0.2) is 0 Å². The van der Waals surface area contributed by atoms with Crippen molar-refractivity contribution in [2.75, 3.05) is 6.61 Å².